The zero-order valence-corrected chi connectivity index (χ0v) is 12.1. The van der Waals surface area contributed by atoms with Crippen molar-refractivity contribution in [2.24, 2.45) is 0 Å². The maximum Gasteiger partial charge on any atom is 0.335 e. The lowest BCUT2D eigenvalue weighted by Crippen LogP contribution is -1.99. The molecule has 0 saturated carbocycles. The van der Waals surface area contributed by atoms with Crippen LogP contribution in [0.4, 0.5) is 0 Å². The van der Waals surface area contributed by atoms with Crippen LogP contribution < -0.4 is 0 Å². The summed E-state index contributed by atoms with van der Waals surface area (Å²) in [6, 6.07) is 9.69. The highest BCUT2D eigenvalue weighted by Gasteiger charge is 2.23. The van der Waals surface area contributed by atoms with Gasteiger partial charge in [-0.1, -0.05) is 12.1 Å². The van der Waals surface area contributed by atoms with Gasteiger partial charge >= 0.3 is 7.60 Å². The van der Waals surface area contributed by atoms with Gasteiger partial charge in [-0.05, 0) is 37.6 Å². The number of hydrogen-bond donors (Lipinski definition) is 0. The van der Waals surface area contributed by atoms with Crippen LogP contribution >= 0.6 is 7.60 Å². The Morgan fingerprint density at radius 3 is 2.58 bits per heavy atom. The number of benzene rings is 1. The molecule has 0 spiro atoms. The standard InChI is InChI=1S/C14H18NO3P/c1-3-17-19(16,18-4-2)11-12-7-8-14-13(10-12)6-5-9-15-14/h5-10H,3-4,11H2,1-2H3. The lowest BCUT2D eigenvalue weighted by molar-refractivity contribution is 0.219. The van der Waals surface area contributed by atoms with Gasteiger partial charge in [0.1, 0.15) is 0 Å². The van der Waals surface area contributed by atoms with Crippen LogP contribution in [0.3, 0.4) is 0 Å². The summed E-state index contributed by atoms with van der Waals surface area (Å²) in [6.07, 6.45) is 2.05. The molecule has 1 aromatic carbocycles. The average Bonchev–Trinajstić information content (AvgIpc) is 2.39. The van der Waals surface area contributed by atoms with Gasteiger partial charge in [0, 0.05) is 11.6 Å². The van der Waals surface area contributed by atoms with E-state index in [1.54, 1.807) is 6.20 Å². The Morgan fingerprint density at radius 2 is 1.89 bits per heavy atom. The Labute approximate surface area is 113 Å². The molecule has 1 heterocycles. The molecule has 0 aliphatic carbocycles. The van der Waals surface area contributed by atoms with Crippen molar-refractivity contribution in [1.29, 1.82) is 0 Å². The number of fused-ring (bicyclic) bond motifs is 1. The van der Waals surface area contributed by atoms with Crippen molar-refractivity contribution in [3.05, 3.63) is 42.1 Å². The molecule has 5 heteroatoms. The third kappa shape index (κ3) is 3.63. The summed E-state index contributed by atoms with van der Waals surface area (Å²) in [6.45, 7) is 4.39. The van der Waals surface area contributed by atoms with Crippen molar-refractivity contribution in [3.8, 4) is 0 Å². The predicted molar refractivity (Wildman–Crippen MR) is 76.3 cm³/mol. The SMILES string of the molecule is CCOP(=O)(Cc1ccc2ncccc2c1)OCC. The average molecular weight is 279 g/mol. The summed E-state index contributed by atoms with van der Waals surface area (Å²) in [5.74, 6) is 0. The molecule has 1 aromatic heterocycles. The molecule has 0 radical (unpaired) electrons. The number of rotatable bonds is 6. The molecule has 0 atom stereocenters. The Balaban J connectivity index is 2.26. The van der Waals surface area contributed by atoms with Crippen molar-refractivity contribution in [2.75, 3.05) is 13.2 Å². The van der Waals surface area contributed by atoms with Crippen LogP contribution in [0.1, 0.15) is 19.4 Å². The Morgan fingerprint density at radius 1 is 1.16 bits per heavy atom. The van der Waals surface area contributed by atoms with Gasteiger partial charge in [0.2, 0.25) is 0 Å². The highest BCUT2D eigenvalue weighted by Crippen LogP contribution is 2.51. The lowest BCUT2D eigenvalue weighted by Gasteiger charge is -2.17. The molecule has 0 fully saturated rings. The quantitative estimate of drug-likeness (QED) is 0.750. The summed E-state index contributed by atoms with van der Waals surface area (Å²) >= 11 is 0. The largest absolute Gasteiger partial charge is 0.335 e. The molecule has 0 unspecified atom stereocenters. The maximum atomic E-state index is 12.5. The molecular weight excluding hydrogens is 261 g/mol. The van der Waals surface area contributed by atoms with Crippen molar-refractivity contribution in [2.45, 2.75) is 20.0 Å². The van der Waals surface area contributed by atoms with Gasteiger partial charge in [-0.2, -0.15) is 0 Å². The summed E-state index contributed by atoms with van der Waals surface area (Å²) < 4.78 is 23.1. The smallest absolute Gasteiger partial charge is 0.309 e. The maximum absolute atomic E-state index is 12.5. The van der Waals surface area contributed by atoms with E-state index < -0.39 is 7.60 Å². The first-order valence-electron chi connectivity index (χ1n) is 6.38. The van der Waals surface area contributed by atoms with Crippen molar-refractivity contribution in [1.82, 2.24) is 4.98 Å². The molecule has 0 N–H and O–H groups in total. The highest BCUT2D eigenvalue weighted by molar-refractivity contribution is 7.53. The topological polar surface area (TPSA) is 48.4 Å². The third-order valence-electron chi connectivity index (χ3n) is 2.70. The van der Waals surface area contributed by atoms with E-state index in [1.165, 1.54) is 0 Å². The van der Waals surface area contributed by atoms with E-state index >= 15 is 0 Å². The molecule has 19 heavy (non-hydrogen) atoms. The molecule has 2 aromatic rings. The Bertz CT molecular complexity index is 590. The number of pyridine rings is 1. The van der Waals surface area contributed by atoms with Crippen LogP contribution in [-0.2, 0) is 19.8 Å². The first kappa shape index (κ1) is 14.2. The van der Waals surface area contributed by atoms with Crippen LogP contribution in [0.2, 0.25) is 0 Å². The van der Waals surface area contributed by atoms with Gasteiger partial charge in [0.05, 0.1) is 24.9 Å². The van der Waals surface area contributed by atoms with Crippen molar-refractivity contribution >= 4 is 18.5 Å². The lowest BCUT2D eigenvalue weighted by atomic mass is 10.1. The van der Waals surface area contributed by atoms with Gasteiger partial charge in [-0.25, -0.2) is 0 Å². The second-order valence-corrected chi connectivity index (χ2v) is 6.19. The van der Waals surface area contributed by atoms with Gasteiger partial charge < -0.3 is 9.05 Å². The molecule has 0 aliphatic heterocycles. The zero-order chi connectivity index (χ0) is 13.7. The molecule has 0 amide bonds. The summed E-state index contributed by atoms with van der Waals surface area (Å²) in [7, 11) is -3.04. The first-order valence-corrected chi connectivity index (χ1v) is 8.11. The third-order valence-corrected chi connectivity index (χ3v) is 4.75. The van der Waals surface area contributed by atoms with E-state index in [4.69, 9.17) is 9.05 Å². The second-order valence-electron chi connectivity index (χ2n) is 4.14. The van der Waals surface area contributed by atoms with Crippen molar-refractivity contribution < 1.29 is 13.6 Å². The van der Waals surface area contributed by atoms with Crippen LogP contribution in [0.5, 0.6) is 0 Å². The van der Waals surface area contributed by atoms with Crippen LogP contribution in [0.15, 0.2) is 36.5 Å². The second kappa shape index (κ2) is 6.29. The van der Waals surface area contributed by atoms with E-state index in [-0.39, 0.29) is 0 Å². The Kier molecular flexibility index (Phi) is 4.70. The molecule has 102 valence electrons. The minimum absolute atomic E-state index is 0.291. The minimum Gasteiger partial charge on any atom is -0.309 e. The highest BCUT2D eigenvalue weighted by atomic mass is 31.2. The molecule has 0 aliphatic rings. The van der Waals surface area contributed by atoms with Gasteiger partial charge in [0.25, 0.3) is 0 Å². The summed E-state index contributed by atoms with van der Waals surface area (Å²) in [4.78, 5) is 4.26. The van der Waals surface area contributed by atoms with Crippen LogP contribution in [0, 0.1) is 0 Å². The molecule has 2 rings (SSSR count). The summed E-state index contributed by atoms with van der Waals surface area (Å²) in [5.41, 5.74) is 1.86. The monoisotopic (exact) mass is 279 g/mol. The van der Waals surface area contributed by atoms with Gasteiger partial charge in [-0.3, -0.25) is 9.55 Å². The number of hydrogen-bond acceptors (Lipinski definition) is 4. The van der Waals surface area contributed by atoms with Crippen LogP contribution in [0.25, 0.3) is 10.9 Å². The van der Waals surface area contributed by atoms with Crippen molar-refractivity contribution in [3.63, 3.8) is 0 Å². The van der Waals surface area contributed by atoms with E-state index in [2.05, 4.69) is 4.98 Å². The number of aromatic nitrogens is 1. The predicted octanol–water partition coefficient (Wildman–Crippen LogP) is 4.00. The molecule has 0 saturated heterocycles. The van der Waals surface area contributed by atoms with E-state index in [0.717, 1.165) is 16.5 Å². The first-order chi connectivity index (χ1) is 9.17. The fourth-order valence-electron chi connectivity index (χ4n) is 1.97. The fraction of sp³-hybridized carbons (Fsp3) is 0.357. The Hall–Kier alpha value is -1.22. The zero-order valence-electron chi connectivity index (χ0n) is 11.2. The van der Waals surface area contributed by atoms with Crippen LogP contribution in [-0.4, -0.2) is 18.2 Å². The van der Waals surface area contributed by atoms with Gasteiger partial charge in [0.15, 0.2) is 0 Å². The molecular formula is C14H18NO3P. The normalized spacial score (nSPS) is 11.9. The van der Waals surface area contributed by atoms with E-state index in [9.17, 15) is 4.57 Å². The summed E-state index contributed by atoms with van der Waals surface area (Å²) in [5, 5.41) is 1.03. The molecule has 0 bridgehead atoms. The fourth-order valence-corrected chi connectivity index (χ4v) is 3.66. The van der Waals surface area contributed by atoms with E-state index in [1.807, 2.05) is 44.2 Å². The minimum atomic E-state index is -3.04. The van der Waals surface area contributed by atoms with Gasteiger partial charge in [-0.15, -0.1) is 0 Å². The van der Waals surface area contributed by atoms with E-state index in [0.29, 0.717) is 19.4 Å². The number of nitrogens with zero attached hydrogens (tertiary/aromatic N) is 1. The molecule has 4 nitrogen and oxygen atoms in total.